The Morgan fingerprint density at radius 2 is 2.12 bits per heavy atom. The molecule has 0 radical (unpaired) electrons. The van der Waals surface area contributed by atoms with E-state index in [1.54, 1.807) is 0 Å². The normalized spacial score (nSPS) is 27.9. The van der Waals surface area contributed by atoms with Gasteiger partial charge in [-0.25, -0.2) is 13.2 Å². The summed E-state index contributed by atoms with van der Waals surface area (Å²) >= 11 is 0. The van der Waals surface area contributed by atoms with E-state index in [0.717, 1.165) is 0 Å². The van der Waals surface area contributed by atoms with E-state index in [-0.39, 0.29) is 41.8 Å². The molecule has 25 heavy (non-hydrogen) atoms. The second kappa shape index (κ2) is 5.52. The minimum atomic E-state index is -2.81. The number of fused-ring (bicyclic) bond motifs is 2. The Morgan fingerprint density at radius 1 is 1.40 bits per heavy atom. The number of hydrogen-bond donors (Lipinski definition) is 1. The van der Waals surface area contributed by atoms with Crippen LogP contribution in [-0.2, 0) is 0 Å². The molecule has 4 rings (SSSR count). The van der Waals surface area contributed by atoms with E-state index >= 15 is 0 Å². The van der Waals surface area contributed by atoms with Crippen LogP contribution >= 0.6 is 0 Å². The number of nitrogens with zero attached hydrogens (tertiary/aromatic N) is 1. The molecule has 3 aliphatic rings. The lowest BCUT2D eigenvalue weighted by Crippen LogP contribution is -2.43. The lowest BCUT2D eigenvalue weighted by Gasteiger charge is -2.35. The van der Waals surface area contributed by atoms with Crippen LogP contribution in [0.1, 0.15) is 35.2 Å². The quantitative estimate of drug-likeness (QED) is 0.882. The highest BCUT2D eigenvalue weighted by Crippen LogP contribution is 2.44. The molecular formula is C17H18F3NO4. The zero-order chi connectivity index (χ0) is 17.9. The molecule has 0 spiro atoms. The first-order valence-electron chi connectivity index (χ1n) is 8.24. The van der Waals surface area contributed by atoms with Gasteiger partial charge in [0, 0.05) is 19.4 Å². The summed E-state index contributed by atoms with van der Waals surface area (Å²) < 4.78 is 51.9. The van der Waals surface area contributed by atoms with Gasteiger partial charge < -0.3 is 19.5 Å². The molecule has 1 amide bonds. The van der Waals surface area contributed by atoms with Crippen molar-refractivity contribution in [2.45, 2.75) is 50.4 Å². The highest BCUT2D eigenvalue weighted by molar-refractivity contribution is 6.00. The van der Waals surface area contributed by atoms with E-state index in [2.05, 4.69) is 0 Å². The van der Waals surface area contributed by atoms with Gasteiger partial charge in [0.15, 0.2) is 11.6 Å². The molecule has 5 nitrogen and oxygen atoms in total. The van der Waals surface area contributed by atoms with Gasteiger partial charge in [-0.2, -0.15) is 0 Å². The van der Waals surface area contributed by atoms with Gasteiger partial charge in [0.25, 0.3) is 11.8 Å². The third-order valence-corrected chi connectivity index (χ3v) is 5.00. The van der Waals surface area contributed by atoms with Gasteiger partial charge in [-0.1, -0.05) is 0 Å². The minimum absolute atomic E-state index is 0.0880. The largest absolute Gasteiger partial charge is 0.490 e. The Labute approximate surface area is 142 Å². The molecule has 0 unspecified atom stereocenters. The Hall–Kier alpha value is -1.96. The summed E-state index contributed by atoms with van der Waals surface area (Å²) in [6.07, 6.45) is -2.13. The highest BCUT2D eigenvalue weighted by atomic mass is 19.3. The monoisotopic (exact) mass is 357 g/mol. The fraction of sp³-hybridized carbons (Fsp3) is 0.588. The molecule has 136 valence electrons. The van der Waals surface area contributed by atoms with Gasteiger partial charge in [0.2, 0.25) is 0 Å². The van der Waals surface area contributed by atoms with E-state index in [1.807, 2.05) is 0 Å². The molecule has 1 N–H and O–H groups in total. The summed E-state index contributed by atoms with van der Waals surface area (Å²) in [6, 6.07) is 1.11. The van der Waals surface area contributed by atoms with Crippen LogP contribution in [0.2, 0.25) is 0 Å². The minimum Gasteiger partial charge on any atom is -0.490 e. The fourth-order valence-corrected chi connectivity index (χ4v) is 3.64. The van der Waals surface area contributed by atoms with Crippen LogP contribution in [0.25, 0.3) is 0 Å². The smallest absolute Gasteiger partial charge is 0.261 e. The predicted octanol–water partition coefficient (Wildman–Crippen LogP) is 2.28. The molecule has 2 fully saturated rings. The first-order chi connectivity index (χ1) is 11.7. The van der Waals surface area contributed by atoms with Crippen molar-refractivity contribution in [1.82, 2.24) is 4.90 Å². The third kappa shape index (κ3) is 2.72. The molecule has 2 atom stereocenters. The predicted molar refractivity (Wildman–Crippen MR) is 80.7 cm³/mol. The van der Waals surface area contributed by atoms with Gasteiger partial charge in [-0.15, -0.1) is 0 Å². The summed E-state index contributed by atoms with van der Waals surface area (Å²) in [6.45, 7) is 1.81. The number of hydrogen-bond acceptors (Lipinski definition) is 4. The number of amides is 1. The van der Waals surface area contributed by atoms with Crippen molar-refractivity contribution in [1.29, 1.82) is 0 Å². The summed E-state index contributed by atoms with van der Waals surface area (Å²) in [4.78, 5) is 14.3. The molecule has 0 bridgehead atoms. The van der Waals surface area contributed by atoms with Crippen molar-refractivity contribution in [3.63, 3.8) is 0 Å². The SMILES string of the molecule is Cc1cc2c(c(OC3CC(F)(F)C3)c1F)C(=O)N1C[C@@H](O)C[C@@H]1CO2. The number of rotatable bonds is 2. The lowest BCUT2D eigenvalue weighted by atomic mass is 9.90. The van der Waals surface area contributed by atoms with Crippen LogP contribution in [-0.4, -0.2) is 53.2 Å². The standard InChI is InChI=1S/C17H18F3NO4/c1-8-2-12-13(15(14(8)18)25-11-4-17(19,20)5-11)16(23)21-6-10(22)3-9(21)7-24-12/h2,9-11,22H,3-7H2,1H3/t9-,10+/m1/s1. The zero-order valence-corrected chi connectivity index (χ0v) is 13.6. The molecule has 2 heterocycles. The number of ether oxygens (including phenoxy) is 2. The van der Waals surface area contributed by atoms with E-state index in [1.165, 1.54) is 17.9 Å². The Kier molecular flexibility index (Phi) is 3.64. The van der Waals surface area contributed by atoms with Crippen LogP contribution in [0.15, 0.2) is 6.07 Å². The number of aryl methyl sites for hydroxylation is 1. The molecule has 1 aromatic carbocycles. The average Bonchev–Trinajstić information content (AvgIpc) is 2.83. The van der Waals surface area contributed by atoms with Crippen LogP contribution < -0.4 is 9.47 Å². The summed E-state index contributed by atoms with van der Waals surface area (Å²) in [5.41, 5.74) is 0.129. The van der Waals surface area contributed by atoms with Crippen LogP contribution in [0, 0.1) is 12.7 Å². The second-order valence-corrected chi connectivity index (χ2v) is 7.03. The number of aliphatic hydroxyl groups excluding tert-OH is 1. The molecule has 1 saturated heterocycles. The molecule has 8 heteroatoms. The molecular weight excluding hydrogens is 339 g/mol. The van der Waals surface area contributed by atoms with Crippen molar-refractivity contribution in [3.05, 3.63) is 23.0 Å². The van der Waals surface area contributed by atoms with E-state index in [0.29, 0.717) is 6.42 Å². The first kappa shape index (κ1) is 16.5. The van der Waals surface area contributed by atoms with Crippen molar-refractivity contribution in [3.8, 4) is 11.5 Å². The summed E-state index contributed by atoms with van der Waals surface area (Å²) in [5.74, 6) is -4.21. The third-order valence-electron chi connectivity index (χ3n) is 5.00. The van der Waals surface area contributed by atoms with Gasteiger partial charge in [-0.05, 0) is 25.0 Å². The van der Waals surface area contributed by atoms with Crippen molar-refractivity contribution >= 4 is 5.91 Å². The fourth-order valence-electron chi connectivity index (χ4n) is 3.64. The van der Waals surface area contributed by atoms with Crippen LogP contribution in [0.5, 0.6) is 11.5 Å². The van der Waals surface area contributed by atoms with Crippen molar-refractivity contribution in [2.24, 2.45) is 0 Å². The maximum absolute atomic E-state index is 14.6. The number of carbonyl (C=O) groups excluding carboxylic acids is 1. The number of aliphatic hydroxyl groups is 1. The maximum Gasteiger partial charge on any atom is 0.261 e. The van der Waals surface area contributed by atoms with E-state index < -0.39 is 42.7 Å². The molecule has 1 saturated carbocycles. The van der Waals surface area contributed by atoms with Crippen molar-refractivity contribution < 1.29 is 32.5 Å². The van der Waals surface area contributed by atoms with Crippen LogP contribution in [0.4, 0.5) is 13.2 Å². The molecule has 0 aromatic heterocycles. The number of carbonyl (C=O) groups is 1. The Bertz CT molecular complexity index is 731. The van der Waals surface area contributed by atoms with Gasteiger partial charge in [-0.3, -0.25) is 4.79 Å². The summed E-state index contributed by atoms with van der Waals surface area (Å²) in [7, 11) is 0. The Morgan fingerprint density at radius 3 is 2.80 bits per heavy atom. The number of alkyl halides is 2. The first-order valence-corrected chi connectivity index (χ1v) is 8.24. The molecule has 2 aliphatic heterocycles. The lowest BCUT2D eigenvalue weighted by molar-refractivity contribution is -0.135. The average molecular weight is 357 g/mol. The van der Waals surface area contributed by atoms with Crippen LogP contribution in [0.3, 0.4) is 0 Å². The zero-order valence-electron chi connectivity index (χ0n) is 13.6. The highest BCUT2D eigenvalue weighted by Gasteiger charge is 2.48. The Balaban J connectivity index is 1.72. The summed E-state index contributed by atoms with van der Waals surface area (Å²) in [5, 5.41) is 9.80. The van der Waals surface area contributed by atoms with Gasteiger partial charge in [0.05, 0.1) is 12.1 Å². The topological polar surface area (TPSA) is 59.0 Å². The van der Waals surface area contributed by atoms with E-state index in [4.69, 9.17) is 9.47 Å². The maximum atomic E-state index is 14.6. The molecule has 1 aromatic rings. The van der Waals surface area contributed by atoms with E-state index in [9.17, 15) is 23.1 Å². The number of halogens is 3. The molecule has 1 aliphatic carbocycles. The van der Waals surface area contributed by atoms with Gasteiger partial charge >= 0.3 is 0 Å². The van der Waals surface area contributed by atoms with Gasteiger partial charge in [0.1, 0.15) is 24.0 Å². The van der Waals surface area contributed by atoms with Crippen molar-refractivity contribution in [2.75, 3.05) is 13.2 Å². The second-order valence-electron chi connectivity index (χ2n) is 7.03. The number of benzene rings is 1.